The molecule has 1 aromatic carbocycles. The Kier molecular flexibility index (Phi) is 6.19. The van der Waals surface area contributed by atoms with Crippen molar-refractivity contribution < 1.29 is 9.53 Å². The fourth-order valence-corrected chi connectivity index (χ4v) is 5.99. The Morgan fingerprint density at radius 3 is 2.76 bits per heavy atom. The summed E-state index contributed by atoms with van der Waals surface area (Å²) in [6.45, 7) is 0. The SMILES string of the molecule is COc1ccc(NC(=O)CSc2nnc(-c3sc4ncccc4c3N)n2C2CCCC2)cc1. The van der Waals surface area contributed by atoms with Crippen LogP contribution in [-0.2, 0) is 4.79 Å². The van der Waals surface area contributed by atoms with Gasteiger partial charge in [-0.2, -0.15) is 0 Å². The van der Waals surface area contributed by atoms with Gasteiger partial charge in [0.15, 0.2) is 11.0 Å². The summed E-state index contributed by atoms with van der Waals surface area (Å²) in [5, 5.41) is 13.6. The lowest BCUT2D eigenvalue weighted by Gasteiger charge is -2.16. The number of methoxy groups -OCH3 is 1. The maximum atomic E-state index is 12.6. The zero-order chi connectivity index (χ0) is 22.8. The fourth-order valence-electron chi connectivity index (χ4n) is 4.14. The molecule has 170 valence electrons. The van der Waals surface area contributed by atoms with Gasteiger partial charge < -0.3 is 15.8 Å². The number of nitrogens with one attached hydrogen (secondary N) is 1. The van der Waals surface area contributed by atoms with Gasteiger partial charge in [0, 0.05) is 23.3 Å². The molecule has 0 spiro atoms. The number of pyridine rings is 1. The number of aromatic nitrogens is 4. The molecular weight excluding hydrogens is 456 g/mol. The highest BCUT2D eigenvalue weighted by Gasteiger charge is 2.27. The number of carbonyl (C=O) groups excluding carboxylic acids is 1. The van der Waals surface area contributed by atoms with E-state index in [4.69, 9.17) is 10.5 Å². The monoisotopic (exact) mass is 480 g/mol. The van der Waals surface area contributed by atoms with Crippen LogP contribution in [0.4, 0.5) is 11.4 Å². The summed E-state index contributed by atoms with van der Waals surface area (Å²) in [5.41, 5.74) is 7.90. The summed E-state index contributed by atoms with van der Waals surface area (Å²) < 4.78 is 7.34. The van der Waals surface area contributed by atoms with Gasteiger partial charge in [-0.05, 0) is 49.2 Å². The minimum Gasteiger partial charge on any atom is -0.497 e. The number of anilines is 2. The van der Waals surface area contributed by atoms with E-state index < -0.39 is 0 Å². The van der Waals surface area contributed by atoms with Crippen molar-refractivity contribution in [2.24, 2.45) is 0 Å². The Hall–Kier alpha value is -3.11. The molecule has 0 aliphatic heterocycles. The molecule has 0 radical (unpaired) electrons. The zero-order valence-electron chi connectivity index (χ0n) is 18.2. The average Bonchev–Trinajstić information content (AvgIpc) is 3.57. The number of thioether (sulfide) groups is 1. The van der Waals surface area contributed by atoms with Crippen LogP contribution in [0.1, 0.15) is 31.7 Å². The molecule has 1 aliphatic carbocycles. The highest BCUT2D eigenvalue weighted by Crippen LogP contribution is 2.43. The Bertz CT molecular complexity index is 1280. The lowest BCUT2D eigenvalue weighted by Crippen LogP contribution is -2.15. The fraction of sp³-hybridized carbons (Fsp3) is 0.304. The van der Waals surface area contributed by atoms with Crippen LogP contribution >= 0.6 is 23.1 Å². The zero-order valence-corrected chi connectivity index (χ0v) is 19.8. The Balaban J connectivity index is 1.39. The first-order chi connectivity index (χ1) is 16.1. The second kappa shape index (κ2) is 9.40. The number of nitrogens with zero attached hydrogens (tertiary/aromatic N) is 4. The van der Waals surface area contributed by atoms with E-state index in [1.165, 1.54) is 35.9 Å². The molecule has 0 saturated heterocycles. The van der Waals surface area contributed by atoms with Crippen molar-refractivity contribution in [1.29, 1.82) is 0 Å². The van der Waals surface area contributed by atoms with E-state index in [0.29, 0.717) is 11.7 Å². The molecular formula is C23H24N6O2S2. The van der Waals surface area contributed by atoms with Gasteiger partial charge in [0.1, 0.15) is 10.6 Å². The quantitative estimate of drug-likeness (QED) is 0.359. The van der Waals surface area contributed by atoms with Gasteiger partial charge in [-0.15, -0.1) is 21.5 Å². The van der Waals surface area contributed by atoms with Crippen LogP contribution in [0.25, 0.3) is 20.9 Å². The van der Waals surface area contributed by atoms with E-state index in [1.54, 1.807) is 13.3 Å². The standard InChI is InChI=1S/C23H24N6O2S2/c1-31-16-10-8-14(9-11-16)26-18(30)13-32-23-28-27-21(29(23)15-5-2-3-6-15)20-19(24)17-7-4-12-25-22(17)33-20/h4,7-12,15H,2-3,5-6,13,24H2,1H3,(H,26,30). The molecule has 3 N–H and O–H groups in total. The summed E-state index contributed by atoms with van der Waals surface area (Å²) in [6.07, 6.45) is 6.26. The number of thiophene rings is 1. The molecule has 3 heterocycles. The topological polar surface area (TPSA) is 108 Å². The number of amides is 1. The molecule has 1 fully saturated rings. The minimum absolute atomic E-state index is 0.0988. The van der Waals surface area contributed by atoms with Crippen LogP contribution in [-0.4, -0.2) is 38.5 Å². The van der Waals surface area contributed by atoms with Crippen LogP contribution in [0, 0.1) is 0 Å². The van der Waals surface area contributed by atoms with Gasteiger partial charge in [-0.1, -0.05) is 24.6 Å². The Morgan fingerprint density at radius 1 is 1.24 bits per heavy atom. The maximum Gasteiger partial charge on any atom is 0.234 e. The molecule has 33 heavy (non-hydrogen) atoms. The lowest BCUT2D eigenvalue weighted by molar-refractivity contribution is -0.113. The van der Waals surface area contributed by atoms with Crippen molar-refractivity contribution in [1.82, 2.24) is 19.7 Å². The van der Waals surface area contributed by atoms with Crippen LogP contribution in [0.15, 0.2) is 47.8 Å². The van der Waals surface area contributed by atoms with Crippen molar-refractivity contribution in [3.05, 3.63) is 42.6 Å². The predicted octanol–water partition coefficient (Wildman–Crippen LogP) is 4.99. The first-order valence-electron chi connectivity index (χ1n) is 10.8. The summed E-state index contributed by atoms with van der Waals surface area (Å²) in [4.78, 5) is 18.8. The Labute approximate surface area is 199 Å². The molecule has 1 amide bonds. The van der Waals surface area contributed by atoms with Crippen LogP contribution in [0.3, 0.4) is 0 Å². The molecule has 10 heteroatoms. The number of rotatable bonds is 7. The molecule has 8 nitrogen and oxygen atoms in total. The average molecular weight is 481 g/mol. The third-order valence-corrected chi connectivity index (χ3v) is 7.84. The molecule has 3 aromatic heterocycles. The largest absolute Gasteiger partial charge is 0.497 e. The third-order valence-electron chi connectivity index (χ3n) is 5.77. The van der Waals surface area contributed by atoms with Crippen LogP contribution in [0.2, 0.25) is 0 Å². The second-order valence-electron chi connectivity index (χ2n) is 7.88. The van der Waals surface area contributed by atoms with Crippen molar-refractivity contribution in [2.45, 2.75) is 36.9 Å². The van der Waals surface area contributed by atoms with E-state index in [9.17, 15) is 4.79 Å². The van der Waals surface area contributed by atoms with Crippen LogP contribution < -0.4 is 15.8 Å². The summed E-state index contributed by atoms with van der Waals surface area (Å²) in [5.74, 6) is 1.65. The molecule has 0 unspecified atom stereocenters. The highest BCUT2D eigenvalue weighted by atomic mass is 32.2. The van der Waals surface area contributed by atoms with Gasteiger partial charge in [0.2, 0.25) is 5.91 Å². The number of carbonyl (C=O) groups is 1. The third kappa shape index (κ3) is 4.40. The summed E-state index contributed by atoms with van der Waals surface area (Å²) in [6, 6.07) is 11.4. The van der Waals surface area contributed by atoms with E-state index in [2.05, 4.69) is 25.1 Å². The highest BCUT2D eigenvalue weighted by molar-refractivity contribution is 7.99. The number of fused-ring (bicyclic) bond motifs is 1. The van der Waals surface area contributed by atoms with Gasteiger partial charge >= 0.3 is 0 Å². The number of nitrogens with two attached hydrogens (primary N) is 1. The van der Waals surface area contributed by atoms with Gasteiger partial charge in [-0.25, -0.2) is 4.98 Å². The predicted molar refractivity (Wildman–Crippen MR) is 133 cm³/mol. The molecule has 5 rings (SSSR count). The van der Waals surface area contributed by atoms with E-state index in [0.717, 1.165) is 50.4 Å². The smallest absolute Gasteiger partial charge is 0.234 e. The van der Waals surface area contributed by atoms with Crippen molar-refractivity contribution in [3.63, 3.8) is 0 Å². The van der Waals surface area contributed by atoms with Crippen molar-refractivity contribution in [3.8, 4) is 16.5 Å². The number of ether oxygens (including phenoxy) is 1. The van der Waals surface area contributed by atoms with Gasteiger partial charge in [0.25, 0.3) is 0 Å². The maximum absolute atomic E-state index is 12.6. The van der Waals surface area contributed by atoms with Gasteiger partial charge in [-0.3, -0.25) is 9.36 Å². The van der Waals surface area contributed by atoms with Crippen molar-refractivity contribution in [2.75, 3.05) is 23.9 Å². The van der Waals surface area contributed by atoms with E-state index in [-0.39, 0.29) is 11.7 Å². The number of nitrogen functional groups attached to an aromatic ring is 1. The van der Waals surface area contributed by atoms with Crippen molar-refractivity contribution >= 4 is 50.6 Å². The number of hydrogen-bond donors (Lipinski definition) is 2. The molecule has 1 saturated carbocycles. The van der Waals surface area contributed by atoms with Gasteiger partial charge in [0.05, 0.1) is 23.4 Å². The molecule has 0 atom stereocenters. The number of hydrogen-bond acceptors (Lipinski definition) is 8. The molecule has 4 aromatic rings. The van der Waals surface area contributed by atoms with Crippen LogP contribution in [0.5, 0.6) is 5.75 Å². The second-order valence-corrected chi connectivity index (χ2v) is 9.82. The summed E-state index contributed by atoms with van der Waals surface area (Å²) in [7, 11) is 1.61. The first-order valence-corrected chi connectivity index (χ1v) is 12.6. The first kappa shape index (κ1) is 21.7. The lowest BCUT2D eigenvalue weighted by atomic mass is 10.2. The summed E-state index contributed by atoms with van der Waals surface area (Å²) >= 11 is 2.93. The van der Waals surface area contributed by atoms with E-state index >= 15 is 0 Å². The minimum atomic E-state index is -0.0988. The van der Waals surface area contributed by atoms with E-state index in [1.807, 2.05) is 36.4 Å². The number of benzene rings is 1. The molecule has 1 aliphatic rings. The normalized spacial score (nSPS) is 14.1. The Morgan fingerprint density at radius 2 is 2.03 bits per heavy atom. The molecule has 0 bridgehead atoms.